The molecule has 1 aromatic rings. The molecule has 2 rings (SSSR count). The molecule has 5 heteroatoms. The van der Waals surface area contributed by atoms with Crippen molar-refractivity contribution < 1.29 is 19.4 Å². The van der Waals surface area contributed by atoms with Gasteiger partial charge in [-0.3, -0.25) is 4.79 Å². The molecule has 0 amide bonds. The Morgan fingerprint density at radius 1 is 1.56 bits per heavy atom. The average Bonchev–Trinajstić information content (AvgIpc) is 2.27. The summed E-state index contributed by atoms with van der Waals surface area (Å²) in [6.45, 7) is 2.82. The van der Waals surface area contributed by atoms with E-state index in [1.165, 1.54) is 0 Å². The van der Waals surface area contributed by atoms with E-state index in [1.807, 2.05) is 25.1 Å². The lowest BCUT2D eigenvalue weighted by atomic mass is 9.86. The monoisotopic (exact) mass is 251 g/mol. The number of anilines is 1. The summed E-state index contributed by atoms with van der Waals surface area (Å²) in [5.41, 5.74) is 1.09. The van der Waals surface area contributed by atoms with E-state index in [2.05, 4.69) is 5.32 Å². The SMILES string of the molecule is COc1ccc(C)cc1NCC1(C(=O)O)COC1. The van der Waals surface area contributed by atoms with Crippen molar-refractivity contribution in [2.75, 3.05) is 32.2 Å². The van der Waals surface area contributed by atoms with Crippen molar-refractivity contribution >= 4 is 11.7 Å². The van der Waals surface area contributed by atoms with E-state index < -0.39 is 11.4 Å². The predicted molar refractivity (Wildman–Crippen MR) is 67.1 cm³/mol. The molecular weight excluding hydrogens is 234 g/mol. The standard InChI is InChI=1S/C13H17NO4/c1-9-3-4-11(17-2)10(5-9)14-6-13(12(15)16)7-18-8-13/h3-5,14H,6-8H2,1-2H3,(H,15,16). The van der Waals surface area contributed by atoms with Crippen LogP contribution in [-0.4, -0.2) is 37.9 Å². The molecule has 0 saturated carbocycles. The van der Waals surface area contributed by atoms with Crippen LogP contribution in [0.2, 0.25) is 0 Å². The number of methoxy groups -OCH3 is 1. The normalized spacial score (nSPS) is 16.8. The number of aryl methyl sites for hydroxylation is 1. The highest BCUT2D eigenvalue weighted by Crippen LogP contribution is 2.31. The summed E-state index contributed by atoms with van der Waals surface area (Å²) in [4.78, 5) is 11.2. The number of benzene rings is 1. The maximum atomic E-state index is 11.2. The van der Waals surface area contributed by atoms with Gasteiger partial charge in [0.05, 0.1) is 26.0 Å². The van der Waals surface area contributed by atoms with Crippen molar-refractivity contribution in [3.63, 3.8) is 0 Å². The topological polar surface area (TPSA) is 67.8 Å². The number of hydrogen-bond acceptors (Lipinski definition) is 4. The zero-order chi connectivity index (χ0) is 13.2. The zero-order valence-corrected chi connectivity index (χ0v) is 10.5. The number of carboxylic acid groups (broad SMARTS) is 1. The molecule has 1 aliphatic rings. The van der Waals surface area contributed by atoms with Crippen LogP contribution in [-0.2, 0) is 9.53 Å². The molecule has 1 aromatic carbocycles. The number of ether oxygens (including phenoxy) is 2. The van der Waals surface area contributed by atoms with Crippen molar-refractivity contribution in [1.82, 2.24) is 0 Å². The maximum Gasteiger partial charge on any atom is 0.316 e. The fraction of sp³-hybridized carbons (Fsp3) is 0.462. The van der Waals surface area contributed by atoms with Crippen molar-refractivity contribution in [3.05, 3.63) is 23.8 Å². The minimum atomic E-state index is -0.826. The molecule has 1 saturated heterocycles. The lowest BCUT2D eigenvalue weighted by Crippen LogP contribution is -2.53. The molecule has 0 unspecified atom stereocenters. The van der Waals surface area contributed by atoms with Gasteiger partial charge in [-0.15, -0.1) is 0 Å². The second-order valence-electron chi connectivity index (χ2n) is 4.64. The molecule has 0 bridgehead atoms. The van der Waals surface area contributed by atoms with Crippen LogP contribution >= 0.6 is 0 Å². The van der Waals surface area contributed by atoms with E-state index in [4.69, 9.17) is 9.47 Å². The zero-order valence-electron chi connectivity index (χ0n) is 10.5. The smallest absolute Gasteiger partial charge is 0.316 e. The van der Waals surface area contributed by atoms with Crippen LogP contribution in [0.1, 0.15) is 5.56 Å². The molecule has 5 nitrogen and oxygen atoms in total. The Kier molecular flexibility index (Phi) is 3.43. The molecular formula is C13H17NO4. The number of hydrogen-bond donors (Lipinski definition) is 2. The second kappa shape index (κ2) is 4.86. The first kappa shape index (κ1) is 12.7. The largest absolute Gasteiger partial charge is 0.495 e. The number of rotatable bonds is 5. The van der Waals surface area contributed by atoms with Gasteiger partial charge in [0.15, 0.2) is 0 Å². The first-order valence-electron chi connectivity index (χ1n) is 5.77. The van der Waals surface area contributed by atoms with Crippen molar-refractivity contribution in [2.45, 2.75) is 6.92 Å². The minimum Gasteiger partial charge on any atom is -0.495 e. The lowest BCUT2D eigenvalue weighted by molar-refractivity contribution is -0.176. The Morgan fingerprint density at radius 3 is 2.78 bits per heavy atom. The van der Waals surface area contributed by atoms with E-state index in [9.17, 15) is 9.90 Å². The highest BCUT2D eigenvalue weighted by atomic mass is 16.5. The fourth-order valence-electron chi connectivity index (χ4n) is 1.87. The Balaban J connectivity index is 2.10. The first-order chi connectivity index (χ1) is 8.57. The van der Waals surface area contributed by atoms with Crippen LogP contribution in [0.15, 0.2) is 18.2 Å². The van der Waals surface area contributed by atoms with Gasteiger partial charge in [-0.2, -0.15) is 0 Å². The molecule has 1 fully saturated rings. The van der Waals surface area contributed by atoms with Gasteiger partial charge in [0.25, 0.3) is 0 Å². The van der Waals surface area contributed by atoms with Gasteiger partial charge < -0.3 is 19.9 Å². The van der Waals surface area contributed by atoms with E-state index in [0.29, 0.717) is 12.3 Å². The van der Waals surface area contributed by atoms with E-state index >= 15 is 0 Å². The first-order valence-corrected chi connectivity index (χ1v) is 5.77. The maximum absolute atomic E-state index is 11.2. The van der Waals surface area contributed by atoms with Crippen LogP contribution < -0.4 is 10.1 Å². The Bertz CT molecular complexity index is 454. The highest BCUT2D eigenvalue weighted by molar-refractivity contribution is 5.77. The van der Waals surface area contributed by atoms with E-state index in [1.54, 1.807) is 7.11 Å². The molecule has 0 spiro atoms. The van der Waals surface area contributed by atoms with E-state index in [0.717, 1.165) is 11.3 Å². The molecule has 1 aliphatic heterocycles. The summed E-state index contributed by atoms with van der Waals surface area (Å²) >= 11 is 0. The molecule has 18 heavy (non-hydrogen) atoms. The third-order valence-electron chi connectivity index (χ3n) is 3.18. The summed E-state index contributed by atoms with van der Waals surface area (Å²) in [7, 11) is 1.59. The van der Waals surface area contributed by atoms with Crippen LogP contribution in [0.25, 0.3) is 0 Å². The Hall–Kier alpha value is -1.75. The van der Waals surface area contributed by atoms with Crippen LogP contribution in [0.4, 0.5) is 5.69 Å². The Labute approximate surface area is 106 Å². The second-order valence-corrected chi connectivity index (χ2v) is 4.64. The van der Waals surface area contributed by atoms with Gasteiger partial charge in [0, 0.05) is 6.54 Å². The molecule has 0 radical (unpaired) electrons. The molecule has 1 heterocycles. The van der Waals surface area contributed by atoms with Gasteiger partial charge in [-0.05, 0) is 24.6 Å². The molecule has 98 valence electrons. The molecule has 2 N–H and O–H groups in total. The molecule has 0 aromatic heterocycles. The van der Waals surface area contributed by atoms with Crippen molar-refractivity contribution in [3.8, 4) is 5.75 Å². The number of carbonyl (C=O) groups is 1. The van der Waals surface area contributed by atoms with Gasteiger partial charge in [-0.1, -0.05) is 6.07 Å². The highest BCUT2D eigenvalue weighted by Gasteiger charge is 2.46. The summed E-state index contributed by atoms with van der Waals surface area (Å²) in [6.07, 6.45) is 0. The van der Waals surface area contributed by atoms with Crippen LogP contribution in [0.3, 0.4) is 0 Å². The van der Waals surface area contributed by atoms with Crippen molar-refractivity contribution in [2.24, 2.45) is 5.41 Å². The van der Waals surface area contributed by atoms with Crippen LogP contribution in [0.5, 0.6) is 5.75 Å². The summed E-state index contributed by atoms with van der Waals surface area (Å²) < 4.78 is 10.3. The Morgan fingerprint density at radius 2 is 2.28 bits per heavy atom. The van der Waals surface area contributed by atoms with Gasteiger partial charge in [0.2, 0.25) is 0 Å². The van der Waals surface area contributed by atoms with Gasteiger partial charge in [-0.25, -0.2) is 0 Å². The van der Waals surface area contributed by atoms with Crippen molar-refractivity contribution in [1.29, 1.82) is 0 Å². The van der Waals surface area contributed by atoms with Gasteiger partial charge >= 0.3 is 5.97 Å². The third kappa shape index (κ3) is 2.26. The number of nitrogens with one attached hydrogen (secondary N) is 1. The molecule has 0 atom stereocenters. The minimum absolute atomic E-state index is 0.253. The molecule has 0 aliphatic carbocycles. The van der Waals surface area contributed by atoms with Gasteiger partial charge in [0.1, 0.15) is 11.2 Å². The summed E-state index contributed by atoms with van der Waals surface area (Å²) in [6, 6.07) is 5.75. The fourth-order valence-corrected chi connectivity index (χ4v) is 1.87. The summed E-state index contributed by atoms with van der Waals surface area (Å²) in [5.74, 6) is -0.116. The lowest BCUT2D eigenvalue weighted by Gasteiger charge is -2.37. The quantitative estimate of drug-likeness (QED) is 0.830. The number of carboxylic acids is 1. The number of aliphatic carboxylic acids is 1. The van der Waals surface area contributed by atoms with Crippen LogP contribution in [0, 0.1) is 12.3 Å². The third-order valence-corrected chi connectivity index (χ3v) is 3.18. The average molecular weight is 251 g/mol. The van der Waals surface area contributed by atoms with E-state index in [-0.39, 0.29) is 13.2 Å². The summed E-state index contributed by atoms with van der Waals surface area (Å²) in [5, 5.41) is 12.3. The predicted octanol–water partition coefficient (Wildman–Crippen LogP) is 1.52.